The lowest BCUT2D eigenvalue weighted by molar-refractivity contribution is 0.254. The van der Waals surface area contributed by atoms with Crippen LogP contribution in [-0.2, 0) is 0 Å². The molecule has 3 fully saturated rings. The summed E-state index contributed by atoms with van der Waals surface area (Å²) in [5.41, 5.74) is 0. The third-order valence-corrected chi connectivity index (χ3v) is 8.15. The predicted molar refractivity (Wildman–Crippen MR) is 135 cm³/mol. The summed E-state index contributed by atoms with van der Waals surface area (Å²) in [6.45, 7) is 7.10. The van der Waals surface area contributed by atoms with Crippen molar-refractivity contribution in [3.63, 3.8) is 0 Å². The van der Waals surface area contributed by atoms with Crippen molar-refractivity contribution in [2.24, 2.45) is 0 Å². The van der Waals surface area contributed by atoms with E-state index in [2.05, 4.69) is 20.9 Å². The number of nitrogens with one attached hydrogen (secondary N) is 3. The van der Waals surface area contributed by atoms with E-state index in [4.69, 9.17) is 0 Å². The zero-order valence-corrected chi connectivity index (χ0v) is 20.6. The van der Waals surface area contributed by atoms with Gasteiger partial charge in [0.2, 0.25) is 0 Å². The predicted octanol–water partition coefficient (Wildman–Crippen LogP) is 5.23. The van der Waals surface area contributed by atoms with Crippen LogP contribution in [0.5, 0.6) is 0 Å². The molecule has 0 aromatic carbocycles. The molecular weight excluding hydrogens is 380 g/mol. The third kappa shape index (κ3) is 11.5. The molecule has 0 aromatic heterocycles. The number of nitrogens with zero attached hydrogens (tertiary/aromatic N) is 1. The van der Waals surface area contributed by atoms with Gasteiger partial charge >= 0.3 is 0 Å². The fourth-order valence-corrected chi connectivity index (χ4v) is 6.07. The third-order valence-electron chi connectivity index (χ3n) is 8.15. The summed E-state index contributed by atoms with van der Waals surface area (Å²) in [5.74, 6) is 0. The fraction of sp³-hybridized carbons (Fsp3) is 1.00. The molecule has 3 aliphatic rings. The summed E-state index contributed by atoms with van der Waals surface area (Å²) in [6.07, 6.45) is 25.6. The van der Waals surface area contributed by atoms with Crippen molar-refractivity contribution < 1.29 is 0 Å². The Kier molecular flexibility index (Phi) is 13.5. The summed E-state index contributed by atoms with van der Waals surface area (Å²) in [5, 5.41) is 11.7. The highest BCUT2D eigenvalue weighted by molar-refractivity contribution is 4.76. The van der Waals surface area contributed by atoms with Crippen molar-refractivity contribution in [1.29, 1.82) is 0 Å². The van der Waals surface area contributed by atoms with Gasteiger partial charge in [-0.2, -0.15) is 0 Å². The van der Waals surface area contributed by atoms with Crippen molar-refractivity contribution in [2.75, 3.05) is 39.3 Å². The highest BCUT2D eigenvalue weighted by atomic mass is 15.2. The second kappa shape index (κ2) is 16.5. The summed E-state index contributed by atoms with van der Waals surface area (Å²) in [6, 6.07) is 2.33. The Morgan fingerprint density at radius 2 is 0.645 bits per heavy atom. The minimum Gasteiger partial charge on any atom is -0.313 e. The maximum absolute atomic E-state index is 3.91. The Hall–Kier alpha value is -0.160. The van der Waals surface area contributed by atoms with Gasteiger partial charge in [0.1, 0.15) is 0 Å². The Bertz CT molecular complexity index is 344. The van der Waals surface area contributed by atoms with Gasteiger partial charge in [0.25, 0.3) is 0 Å². The molecule has 182 valence electrons. The zero-order chi connectivity index (χ0) is 21.4. The van der Waals surface area contributed by atoms with Crippen LogP contribution < -0.4 is 16.0 Å². The van der Waals surface area contributed by atoms with E-state index in [0.29, 0.717) is 0 Å². The van der Waals surface area contributed by atoms with E-state index >= 15 is 0 Å². The SMILES string of the molecule is C1CCCC(NCCN(CCNC2CCCCCC2)CCNC2CCCCCC2)CC1. The first-order valence-electron chi connectivity index (χ1n) is 14.3. The van der Waals surface area contributed by atoms with Crippen LogP contribution in [0.25, 0.3) is 0 Å². The molecule has 4 heteroatoms. The van der Waals surface area contributed by atoms with Gasteiger partial charge in [0, 0.05) is 57.4 Å². The van der Waals surface area contributed by atoms with Gasteiger partial charge in [-0.3, -0.25) is 4.90 Å². The largest absolute Gasteiger partial charge is 0.313 e. The highest BCUT2D eigenvalue weighted by Gasteiger charge is 2.15. The monoisotopic (exact) mass is 434 g/mol. The van der Waals surface area contributed by atoms with Crippen LogP contribution >= 0.6 is 0 Å². The summed E-state index contributed by atoms with van der Waals surface area (Å²) >= 11 is 0. The molecule has 0 aliphatic heterocycles. The van der Waals surface area contributed by atoms with Crippen LogP contribution in [0.4, 0.5) is 0 Å². The molecule has 3 rings (SSSR count). The van der Waals surface area contributed by atoms with Crippen molar-refractivity contribution >= 4 is 0 Å². The second-order valence-electron chi connectivity index (χ2n) is 10.8. The standard InChI is InChI=1S/C27H54N4/c1-2-8-14-25(13-7-1)28-19-22-31(23-20-29-26-15-9-3-4-10-16-26)24-21-30-27-17-11-5-6-12-18-27/h25-30H,1-24H2. The Morgan fingerprint density at radius 1 is 0.387 bits per heavy atom. The van der Waals surface area contributed by atoms with Gasteiger partial charge in [0.05, 0.1) is 0 Å². The molecule has 0 atom stereocenters. The molecule has 3 aliphatic carbocycles. The van der Waals surface area contributed by atoms with E-state index in [9.17, 15) is 0 Å². The van der Waals surface area contributed by atoms with Crippen molar-refractivity contribution in [3.8, 4) is 0 Å². The molecule has 0 unspecified atom stereocenters. The first-order valence-corrected chi connectivity index (χ1v) is 14.3. The van der Waals surface area contributed by atoms with Crippen LogP contribution in [0.2, 0.25) is 0 Å². The molecule has 0 radical (unpaired) electrons. The lowest BCUT2D eigenvalue weighted by Crippen LogP contribution is -2.44. The molecule has 0 heterocycles. The van der Waals surface area contributed by atoms with Gasteiger partial charge in [-0.05, 0) is 38.5 Å². The van der Waals surface area contributed by atoms with E-state index < -0.39 is 0 Å². The van der Waals surface area contributed by atoms with Crippen LogP contribution in [-0.4, -0.2) is 62.3 Å². The van der Waals surface area contributed by atoms with E-state index in [1.54, 1.807) is 0 Å². The van der Waals surface area contributed by atoms with Crippen molar-refractivity contribution in [1.82, 2.24) is 20.9 Å². The average Bonchev–Trinajstić information content (AvgIpc) is 3.30. The number of rotatable bonds is 12. The molecule has 4 nitrogen and oxygen atoms in total. The molecule has 0 bridgehead atoms. The summed E-state index contributed by atoms with van der Waals surface area (Å²) in [7, 11) is 0. The van der Waals surface area contributed by atoms with Gasteiger partial charge in [-0.25, -0.2) is 0 Å². The van der Waals surface area contributed by atoms with E-state index in [1.807, 2.05) is 0 Å². The maximum atomic E-state index is 3.91. The molecule has 0 amide bonds. The fourth-order valence-electron chi connectivity index (χ4n) is 6.07. The normalized spacial score (nSPS) is 23.5. The zero-order valence-electron chi connectivity index (χ0n) is 20.6. The lowest BCUT2D eigenvalue weighted by atomic mass is 10.1. The molecular formula is C27H54N4. The van der Waals surface area contributed by atoms with E-state index in [0.717, 1.165) is 37.8 Å². The quantitative estimate of drug-likeness (QED) is 0.368. The van der Waals surface area contributed by atoms with E-state index in [1.165, 1.54) is 135 Å². The summed E-state index contributed by atoms with van der Waals surface area (Å²) < 4.78 is 0. The Morgan fingerprint density at radius 3 is 0.903 bits per heavy atom. The number of hydrogen-bond acceptors (Lipinski definition) is 4. The average molecular weight is 435 g/mol. The first-order chi connectivity index (χ1) is 15.4. The van der Waals surface area contributed by atoms with Gasteiger partial charge in [-0.1, -0.05) is 77.0 Å². The van der Waals surface area contributed by atoms with E-state index in [-0.39, 0.29) is 0 Å². The van der Waals surface area contributed by atoms with Gasteiger partial charge < -0.3 is 16.0 Å². The minimum atomic E-state index is 0.776. The smallest absolute Gasteiger partial charge is 0.0108 e. The molecule has 0 saturated heterocycles. The first kappa shape index (κ1) is 25.5. The second-order valence-corrected chi connectivity index (χ2v) is 10.8. The minimum absolute atomic E-state index is 0.776. The molecule has 0 aromatic rings. The molecule has 31 heavy (non-hydrogen) atoms. The lowest BCUT2D eigenvalue weighted by Gasteiger charge is -2.27. The summed E-state index contributed by atoms with van der Waals surface area (Å²) in [4.78, 5) is 2.72. The highest BCUT2D eigenvalue weighted by Crippen LogP contribution is 2.18. The Labute approximate surface area is 194 Å². The van der Waals surface area contributed by atoms with Crippen LogP contribution in [0, 0.1) is 0 Å². The van der Waals surface area contributed by atoms with Crippen molar-refractivity contribution in [3.05, 3.63) is 0 Å². The van der Waals surface area contributed by atoms with Crippen LogP contribution in [0.1, 0.15) is 116 Å². The topological polar surface area (TPSA) is 39.3 Å². The van der Waals surface area contributed by atoms with Crippen molar-refractivity contribution in [2.45, 2.75) is 134 Å². The Balaban J connectivity index is 1.36. The molecule has 0 spiro atoms. The van der Waals surface area contributed by atoms with Gasteiger partial charge in [-0.15, -0.1) is 0 Å². The van der Waals surface area contributed by atoms with Crippen LogP contribution in [0.3, 0.4) is 0 Å². The maximum Gasteiger partial charge on any atom is 0.0108 e. The van der Waals surface area contributed by atoms with Gasteiger partial charge in [0.15, 0.2) is 0 Å². The number of hydrogen-bond donors (Lipinski definition) is 3. The molecule has 3 N–H and O–H groups in total. The molecule has 3 saturated carbocycles. The van der Waals surface area contributed by atoms with Crippen LogP contribution in [0.15, 0.2) is 0 Å².